The topological polar surface area (TPSA) is 69.4 Å². The number of hydrogen-bond acceptors (Lipinski definition) is 3. The minimum Gasteiger partial charge on any atom is -0.487 e. The van der Waals surface area contributed by atoms with Crippen molar-refractivity contribution in [1.29, 1.82) is 0 Å². The third kappa shape index (κ3) is 3.72. The Morgan fingerprint density at radius 3 is 2.62 bits per heavy atom. The number of primary sulfonamides is 1. The molecule has 0 atom stereocenters. The number of sulfonamides is 1. The van der Waals surface area contributed by atoms with Crippen LogP contribution in [-0.4, -0.2) is 8.42 Å². The van der Waals surface area contributed by atoms with E-state index in [1.807, 2.05) is 0 Å². The minimum absolute atomic E-state index is 0.0578. The minimum atomic E-state index is -3.93. The lowest BCUT2D eigenvalue weighted by Gasteiger charge is -2.12. The Labute approximate surface area is 127 Å². The molecule has 0 spiro atoms. The van der Waals surface area contributed by atoms with E-state index in [0.717, 1.165) is 5.56 Å². The highest BCUT2D eigenvalue weighted by Gasteiger charge is 2.16. The van der Waals surface area contributed by atoms with E-state index >= 15 is 0 Å². The summed E-state index contributed by atoms with van der Waals surface area (Å²) in [5.41, 5.74) is 0.871. The maximum absolute atomic E-state index is 13.6. The van der Waals surface area contributed by atoms with E-state index in [1.165, 1.54) is 30.3 Å². The van der Waals surface area contributed by atoms with Crippen molar-refractivity contribution >= 4 is 21.6 Å². The zero-order valence-electron chi connectivity index (χ0n) is 11.1. The van der Waals surface area contributed by atoms with Gasteiger partial charge in [-0.25, -0.2) is 17.9 Å². The van der Waals surface area contributed by atoms with Crippen LogP contribution in [0.2, 0.25) is 5.02 Å². The second-order valence-electron chi connectivity index (χ2n) is 4.48. The zero-order valence-corrected chi connectivity index (χ0v) is 12.7. The summed E-state index contributed by atoms with van der Waals surface area (Å²) in [7, 11) is -3.93. The predicted molar refractivity (Wildman–Crippen MR) is 78.3 cm³/mol. The Morgan fingerprint density at radius 1 is 1.29 bits per heavy atom. The molecule has 0 aliphatic rings. The Bertz CT molecular complexity index is 758. The number of aryl methyl sites for hydroxylation is 1. The summed E-state index contributed by atoms with van der Waals surface area (Å²) < 4.78 is 42.1. The molecule has 0 aliphatic carbocycles. The maximum atomic E-state index is 13.6. The molecule has 0 fully saturated rings. The molecule has 0 bridgehead atoms. The SMILES string of the molecule is Cc1ccc(OCc2c(F)cccc2Cl)c(S(N)(=O)=O)c1. The molecule has 2 N–H and O–H groups in total. The Kier molecular flexibility index (Phi) is 4.51. The molecule has 0 aliphatic heterocycles. The summed E-state index contributed by atoms with van der Waals surface area (Å²) in [5, 5.41) is 5.35. The highest BCUT2D eigenvalue weighted by Crippen LogP contribution is 2.26. The monoisotopic (exact) mass is 329 g/mol. The average Bonchev–Trinajstić information content (AvgIpc) is 2.38. The number of ether oxygens (including phenoxy) is 1. The summed E-state index contributed by atoms with van der Waals surface area (Å²) in [6, 6.07) is 8.80. The van der Waals surface area contributed by atoms with E-state index in [9.17, 15) is 12.8 Å². The normalized spacial score (nSPS) is 11.4. The number of halogens is 2. The van der Waals surface area contributed by atoms with Crippen LogP contribution in [0, 0.1) is 12.7 Å². The first kappa shape index (κ1) is 15.8. The molecular weight excluding hydrogens is 317 g/mol. The average molecular weight is 330 g/mol. The van der Waals surface area contributed by atoms with Gasteiger partial charge in [0.05, 0.1) is 5.02 Å². The van der Waals surface area contributed by atoms with Crippen molar-refractivity contribution < 1.29 is 17.5 Å². The van der Waals surface area contributed by atoms with E-state index in [2.05, 4.69) is 0 Å². The van der Waals surface area contributed by atoms with Crippen LogP contribution in [-0.2, 0) is 16.6 Å². The van der Waals surface area contributed by atoms with Gasteiger partial charge in [-0.1, -0.05) is 23.7 Å². The van der Waals surface area contributed by atoms with Crippen molar-refractivity contribution in [1.82, 2.24) is 0 Å². The Morgan fingerprint density at radius 2 is 2.00 bits per heavy atom. The molecule has 0 amide bonds. The summed E-state index contributed by atoms with van der Waals surface area (Å²) in [4.78, 5) is -0.144. The number of rotatable bonds is 4. The van der Waals surface area contributed by atoms with E-state index in [-0.39, 0.29) is 27.8 Å². The van der Waals surface area contributed by atoms with Crippen molar-refractivity contribution in [2.24, 2.45) is 5.14 Å². The van der Waals surface area contributed by atoms with Crippen LogP contribution < -0.4 is 9.88 Å². The van der Waals surface area contributed by atoms with Crippen molar-refractivity contribution in [2.75, 3.05) is 0 Å². The molecule has 0 saturated heterocycles. The second kappa shape index (κ2) is 6.01. The van der Waals surface area contributed by atoms with Gasteiger partial charge in [-0.05, 0) is 36.8 Å². The molecule has 0 radical (unpaired) electrons. The molecule has 2 aromatic rings. The molecule has 0 aromatic heterocycles. The van der Waals surface area contributed by atoms with Gasteiger partial charge in [-0.2, -0.15) is 0 Å². The molecule has 0 unspecified atom stereocenters. The molecule has 2 aromatic carbocycles. The lowest BCUT2D eigenvalue weighted by Crippen LogP contribution is -2.14. The van der Waals surface area contributed by atoms with Gasteiger partial charge in [-0.15, -0.1) is 0 Å². The largest absolute Gasteiger partial charge is 0.487 e. The van der Waals surface area contributed by atoms with Gasteiger partial charge < -0.3 is 4.74 Å². The van der Waals surface area contributed by atoms with Gasteiger partial charge in [0, 0.05) is 5.56 Å². The third-order valence-electron chi connectivity index (χ3n) is 2.84. The highest BCUT2D eigenvalue weighted by molar-refractivity contribution is 7.89. The van der Waals surface area contributed by atoms with Crippen LogP contribution in [0.3, 0.4) is 0 Å². The maximum Gasteiger partial charge on any atom is 0.241 e. The third-order valence-corrected chi connectivity index (χ3v) is 4.13. The molecule has 112 valence electrons. The van der Waals surface area contributed by atoms with Crippen molar-refractivity contribution in [2.45, 2.75) is 18.4 Å². The van der Waals surface area contributed by atoms with Crippen molar-refractivity contribution in [3.8, 4) is 5.75 Å². The fourth-order valence-electron chi connectivity index (χ4n) is 1.78. The van der Waals surface area contributed by atoms with Crippen molar-refractivity contribution in [3.63, 3.8) is 0 Å². The molecule has 0 heterocycles. The number of benzene rings is 2. The lowest BCUT2D eigenvalue weighted by molar-refractivity contribution is 0.292. The fraction of sp³-hybridized carbons (Fsp3) is 0.143. The zero-order chi connectivity index (χ0) is 15.6. The highest BCUT2D eigenvalue weighted by atomic mass is 35.5. The van der Waals surface area contributed by atoms with Crippen LogP contribution in [0.15, 0.2) is 41.3 Å². The van der Waals surface area contributed by atoms with Crippen LogP contribution in [0.1, 0.15) is 11.1 Å². The van der Waals surface area contributed by atoms with Gasteiger partial charge >= 0.3 is 0 Å². The van der Waals surface area contributed by atoms with E-state index in [4.69, 9.17) is 21.5 Å². The first-order valence-corrected chi connectivity index (χ1v) is 7.90. The molecule has 0 saturated carbocycles. The second-order valence-corrected chi connectivity index (χ2v) is 6.42. The smallest absolute Gasteiger partial charge is 0.241 e. The van der Waals surface area contributed by atoms with Gasteiger partial charge in [0.2, 0.25) is 10.0 Å². The number of hydrogen-bond donors (Lipinski definition) is 1. The van der Waals surface area contributed by atoms with Crippen molar-refractivity contribution in [3.05, 3.63) is 58.4 Å². The van der Waals surface area contributed by atoms with Gasteiger partial charge in [0.25, 0.3) is 0 Å². The van der Waals surface area contributed by atoms with Gasteiger partial charge in [-0.3, -0.25) is 0 Å². The molecule has 2 rings (SSSR count). The van der Waals surface area contributed by atoms with Gasteiger partial charge in [0.1, 0.15) is 23.1 Å². The quantitative estimate of drug-likeness (QED) is 0.937. The van der Waals surface area contributed by atoms with Crippen LogP contribution in [0.25, 0.3) is 0 Å². The number of nitrogens with two attached hydrogens (primary N) is 1. The Balaban J connectivity index is 2.33. The summed E-state index contributed by atoms with van der Waals surface area (Å²) in [6.07, 6.45) is 0. The molecule has 21 heavy (non-hydrogen) atoms. The first-order valence-electron chi connectivity index (χ1n) is 5.98. The predicted octanol–water partition coefficient (Wildman–Crippen LogP) is 3.01. The molecule has 7 heteroatoms. The molecular formula is C14H13ClFNO3S. The lowest BCUT2D eigenvalue weighted by atomic mass is 10.2. The Hall–Kier alpha value is -1.63. The van der Waals surface area contributed by atoms with Gasteiger partial charge in [0.15, 0.2) is 0 Å². The van der Waals surface area contributed by atoms with E-state index < -0.39 is 15.8 Å². The van der Waals surface area contributed by atoms with E-state index in [1.54, 1.807) is 13.0 Å². The fourth-order valence-corrected chi connectivity index (χ4v) is 2.75. The van der Waals surface area contributed by atoms with Crippen LogP contribution in [0.5, 0.6) is 5.75 Å². The summed E-state index contributed by atoms with van der Waals surface area (Å²) in [6.45, 7) is 1.53. The molecule has 4 nitrogen and oxygen atoms in total. The first-order chi connectivity index (χ1) is 9.79. The standard InChI is InChI=1S/C14H13ClFNO3S/c1-9-5-6-13(14(7-9)21(17,18)19)20-8-10-11(15)3-2-4-12(10)16/h2-7H,8H2,1H3,(H2,17,18,19). The summed E-state index contributed by atoms with van der Waals surface area (Å²) >= 11 is 5.89. The van der Waals surface area contributed by atoms with E-state index in [0.29, 0.717) is 0 Å². The van der Waals surface area contributed by atoms with Crippen LogP contribution >= 0.6 is 11.6 Å². The summed E-state index contributed by atoms with van der Waals surface area (Å²) in [5.74, 6) is -0.464. The van der Waals surface area contributed by atoms with Crippen LogP contribution in [0.4, 0.5) is 4.39 Å².